The Morgan fingerprint density at radius 2 is 1.45 bits per heavy atom. The maximum atomic E-state index is 12.5. The molecule has 3 rings (SSSR count). The Morgan fingerprint density at radius 3 is 2.09 bits per heavy atom. The van der Waals surface area contributed by atoms with E-state index in [0.29, 0.717) is 25.9 Å². The second-order valence-corrected chi connectivity index (χ2v) is 11.3. The summed E-state index contributed by atoms with van der Waals surface area (Å²) in [4.78, 5) is 47.7. The second kappa shape index (κ2) is 17.2. The van der Waals surface area contributed by atoms with Crippen molar-refractivity contribution in [2.75, 3.05) is 46.1 Å². The molecule has 12 heteroatoms. The number of fused-ring (bicyclic) bond motifs is 3. The average Bonchev–Trinajstić information content (AvgIpc) is 3.29. The van der Waals surface area contributed by atoms with E-state index in [4.69, 9.17) is 18.9 Å². The third-order valence-corrected chi connectivity index (χ3v) is 6.70. The molecule has 4 N–H and O–H groups in total. The summed E-state index contributed by atoms with van der Waals surface area (Å²) in [5.41, 5.74) is 3.79. The Kier molecular flexibility index (Phi) is 13.4. The van der Waals surface area contributed by atoms with Crippen molar-refractivity contribution in [2.24, 2.45) is 0 Å². The summed E-state index contributed by atoms with van der Waals surface area (Å²) in [6, 6.07) is 14.8. The van der Waals surface area contributed by atoms with Crippen LogP contribution in [0.25, 0.3) is 11.1 Å². The maximum absolute atomic E-state index is 12.5. The minimum atomic E-state index is -1.15. The zero-order valence-electron chi connectivity index (χ0n) is 25.6. The van der Waals surface area contributed by atoms with Gasteiger partial charge < -0.3 is 40.0 Å². The number of carbonyl (C=O) groups is 4. The fourth-order valence-electron chi connectivity index (χ4n) is 4.72. The van der Waals surface area contributed by atoms with E-state index in [9.17, 15) is 24.3 Å². The lowest BCUT2D eigenvalue weighted by molar-refractivity contribution is -0.139. The molecule has 0 spiro atoms. The maximum Gasteiger partial charge on any atom is 0.407 e. The van der Waals surface area contributed by atoms with Gasteiger partial charge in [0, 0.05) is 19.0 Å². The predicted octanol–water partition coefficient (Wildman–Crippen LogP) is 3.82. The van der Waals surface area contributed by atoms with Gasteiger partial charge in [0.2, 0.25) is 5.91 Å². The van der Waals surface area contributed by atoms with Gasteiger partial charge >= 0.3 is 18.2 Å². The van der Waals surface area contributed by atoms with Crippen LogP contribution in [-0.2, 0) is 28.5 Å². The summed E-state index contributed by atoms with van der Waals surface area (Å²) < 4.78 is 21.2. The summed E-state index contributed by atoms with van der Waals surface area (Å²) in [5.74, 6) is -1.58. The van der Waals surface area contributed by atoms with E-state index >= 15 is 0 Å². The van der Waals surface area contributed by atoms with Gasteiger partial charge in [-0.3, -0.25) is 4.79 Å². The van der Waals surface area contributed by atoms with Gasteiger partial charge in [-0.05, 0) is 62.3 Å². The van der Waals surface area contributed by atoms with Gasteiger partial charge in [-0.15, -0.1) is 0 Å². The van der Waals surface area contributed by atoms with Crippen molar-refractivity contribution in [1.82, 2.24) is 16.0 Å². The number of aliphatic carboxylic acids is 1. The first-order chi connectivity index (χ1) is 21.0. The SMILES string of the molecule is CC(C)(C)OC(=O)NCCOCCOCC(=O)NCCCCC(NC(=O)OCC1c2ccccc2-c2ccccc21)C(=O)O. The zero-order chi connectivity index (χ0) is 32.0. The first kappa shape index (κ1) is 34.3. The minimum absolute atomic E-state index is 0.0950. The molecule has 0 fully saturated rings. The first-order valence-corrected chi connectivity index (χ1v) is 14.8. The van der Waals surface area contributed by atoms with Gasteiger partial charge in [0.25, 0.3) is 0 Å². The Morgan fingerprint density at radius 1 is 0.818 bits per heavy atom. The van der Waals surface area contributed by atoms with Gasteiger partial charge in [0.1, 0.15) is 24.9 Å². The van der Waals surface area contributed by atoms with E-state index in [1.165, 1.54) is 0 Å². The molecule has 1 atom stereocenters. The number of amides is 3. The van der Waals surface area contributed by atoms with Crippen LogP contribution in [0.3, 0.4) is 0 Å². The van der Waals surface area contributed by atoms with E-state index in [1.54, 1.807) is 20.8 Å². The van der Waals surface area contributed by atoms with E-state index < -0.39 is 29.8 Å². The smallest absolute Gasteiger partial charge is 0.407 e. The van der Waals surface area contributed by atoms with Crippen LogP contribution in [0.1, 0.15) is 57.1 Å². The van der Waals surface area contributed by atoms with Crippen LogP contribution < -0.4 is 16.0 Å². The number of ether oxygens (including phenoxy) is 4. The molecule has 0 heterocycles. The summed E-state index contributed by atoms with van der Waals surface area (Å²) >= 11 is 0. The van der Waals surface area contributed by atoms with E-state index in [-0.39, 0.29) is 51.3 Å². The molecule has 2 aromatic rings. The molecule has 1 aliphatic rings. The van der Waals surface area contributed by atoms with Crippen molar-refractivity contribution in [3.05, 3.63) is 59.7 Å². The molecule has 0 radical (unpaired) electrons. The molecule has 0 saturated heterocycles. The summed E-state index contributed by atoms with van der Waals surface area (Å²) in [6.07, 6.45) is -0.124. The number of alkyl carbamates (subject to hydrolysis) is 2. The lowest BCUT2D eigenvalue weighted by atomic mass is 9.98. The molecular weight excluding hydrogens is 570 g/mol. The molecule has 0 aromatic heterocycles. The number of nitrogens with one attached hydrogen (secondary N) is 3. The van der Waals surface area contributed by atoms with E-state index in [2.05, 4.69) is 16.0 Å². The highest BCUT2D eigenvalue weighted by molar-refractivity contribution is 5.81. The Hall–Kier alpha value is -4.16. The second-order valence-electron chi connectivity index (χ2n) is 11.3. The number of rotatable bonds is 17. The first-order valence-electron chi connectivity index (χ1n) is 14.8. The third-order valence-electron chi connectivity index (χ3n) is 6.70. The molecule has 12 nitrogen and oxygen atoms in total. The molecule has 0 saturated carbocycles. The van der Waals surface area contributed by atoms with Gasteiger partial charge in [-0.1, -0.05) is 48.5 Å². The van der Waals surface area contributed by atoms with Crippen LogP contribution in [0.5, 0.6) is 0 Å². The van der Waals surface area contributed by atoms with Crippen LogP contribution >= 0.6 is 0 Å². The molecule has 2 aromatic carbocycles. The van der Waals surface area contributed by atoms with Crippen molar-refractivity contribution in [3.8, 4) is 11.1 Å². The monoisotopic (exact) mass is 613 g/mol. The lowest BCUT2D eigenvalue weighted by Gasteiger charge is -2.19. The van der Waals surface area contributed by atoms with Crippen molar-refractivity contribution >= 4 is 24.1 Å². The van der Waals surface area contributed by atoms with Crippen LogP contribution in [0, 0.1) is 0 Å². The van der Waals surface area contributed by atoms with E-state index in [1.807, 2.05) is 48.5 Å². The number of hydrogen-bond donors (Lipinski definition) is 4. The normalized spacial score (nSPS) is 12.9. The van der Waals surface area contributed by atoms with Gasteiger partial charge in [0.05, 0.1) is 19.8 Å². The highest BCUT2D eigenvalue weighted by Gasteiger charge is 2.29. The number of hydrogen-bond acceptors (Lipinski definition) is 8. The molecule has 1 unspecified atom stereocenters. The van der Waals surface area contributed by atoms with Crippen molar-refractivity contribution in [2.45, 2.75) is 57.6 Å². The predicted molar refractivity (Wildman–Crippen MR) is 162 cm³/mol. The fourth-order valence-corrected chi connectivity index (χ4v) is 4.72. The fraction of sp³-hybridized carbons (Fsp3) is 0.500. The number of benzene rings is 2. The van der Waals surface area contributed by atoms with Gasteiger partial charge in [-0.25, -0.2) is 14.4 Å². The Bertz CT molecular complexity index is 1220. The van der Waals surface area contributed by atoms with Crippen LogP contribution in [-0.4, -0.2) is 86.9 Å². The highest BCUT2D eigenvalue weighted by Crippen LogP contribution is 2.44. The molecular formula is C32H43N3O9. The molecule has 240 valence electrons. The van der Waals surface area contributed by atoms with Crippen molar-refractivity contribution < 1.29 is 43.2 Å². The van der Waals surface area contributed by atoms with Crippen LogP contribution in [0.4, 0.5) is 9.59 Å². The summed E-state index contributed by atoms with van der Waals surface area (Å²) in [6.45, 7) is 6.67. The van der Waals surface area contributed by atoms with Crippen molar-refractivity contribution in [1.29, 1.82) is 0 Å². The standard InChI is InChI=1S/C32H43N3O9/c1-32(2,3)44-30(39)34-16-17-41-18-19-42-21-28(36)33-15-9-8-14-27(29(37)38)35-31(40)43-20-26-24-12-6-4-10-22(24)23-11-5-7-13-25(23)26/h4-7,10-13,26-27H,8-9,14-21H2,1-3H3,(H,33,36)(H,34,39)(H,35,40)(H,37,38). The number of carboxylic acids is 1. The third kappa shape index (κ3) is 11.5. The number of carboxylic acid groups (broad SMARTS) is 1. The van der Waals surface area contributed by atoms with Gasteiger partial charge in [0.15, 0.2) is 0 Å². The topological polar surface area (TPSA) is 162 Å². The number of carbonyl (C=O) groups excluding carboxylic acids is 3. The summed E-state index contributed by atoms with van der Waals surface area (Å²) in [5, 5.41) is 17.3. The molecule has 0 aliphatic heterocycles. The average molecular weight is 614 g/mol. The summed E-state index contributed by atoms with van der Waals surface area (Å²) in [7, 11) is 0. The quantitative estimate of drug-likeness (QED) is 0.194. The van der Waals surface area contributed by atoms with Gasteiger partial charge in [-0.2, -0.15) is 0 Å². The largest absolute Gasteiger partial charge is 0.480 e. The number of unbranched alkanes of at least 4 members (excludes halogenated alkanes) is 1. The molecule has 44 heavy (non-hydrogen) atoms. The Balaban J connectivity index is 1.24. The van der Waals surface area contributed by atoms with Crippen LogP contribution in [0.15, 0.2) is 48.5 Å². The van der Waals surface area contributed by atoms with Crippen LogP contribution in [0.2, 0.25) is 0 Å². The minimum Gasteiger partial charge on any atom is -0.480 e. The Labute approximate surface area is 257 Å². The lowest BCUT2D eigenvalue weighted by Crippen LogP contribution is -2.41. The molecule has 3 amide bonds. The van der Waals surface area contributed by atoms with E-state index in [0.717, 1.165) is 22.3 Å². The van der Waals surface area contributed by atoms with Crippen molar-refractivity contribution in [3.63, 3.8) is 0 Å². The molecule has 0 bridgehead atoms. The molecule has 1 aliphatic carbocycles. The zero-order valence-corrected chi connectivity index (χ0v) is 25.6. The highest BCUT2D eigenvalue weighted by atomic mass is 16.6.